The summed E-state index contributed by atoms with van der Waals surface area (Å²) in [5, 5.41) is 11.0. The lowest BCUT2D eigenvalue weighted by molar-refractivity contribution is -0.127. The van der Waals surface area contributed by atoms with E-state index in [0.29, 0.717) is 24.5 Å². The molecule has 1 aromatic carbocycles. The molecule has 1 aliphatic rings. The number of anilines is 1. The number of nitrogens with one attached hydrogen (secondary N) is 1. The number of imide groups is 1. The number of carbonyl (C=O) groups excluding carboxylic acids is 3. The average molecular weight is 421 g/mol. The van der Waals surface area contributed by atoms with Crippen molar-refractivity contribution in [2.45, 2.75) is 39.8 Å². The zero-order chi connectivity index (χ0) is 22.0. The number of carbonyl (C=O) groups is 3. The van der Waals surface area contributed by atoms with Crippen LogP contribution in [0.25, 0.3) is 0 Å². The lowest BCUT2D eigenvalue weighted by Gasteiger charge is -2.12. The molecule has 3 heterocycles. The fourth-order valence-corrected chi connectivity index (χ4v) is 3.66. The lowest BCUT2D eigenvalue weighted by atomic mass is 10.0. The maximum atomic E-state index is 12.8. The van der Waals surface area contributed by atoms with Gasteiger partial charge in [-0.3, -0.25) is 19.1 Å². The van der Waals surface area contributed by atoms with E-state index < -0.39 is 5.92 Å². The highest BCUT2D eigenvalue weighted by atomic mass is 16.5. The molecule has 1 atom stereocenters. The van der Waals surface area contributed by atoms with Crippen LogP contribution in [0.4, 0.5) is 5.69 Å². The Hall–Kier alpha value is -3.75. The van der Waals surface area contributed by atoms with Crippen molar-refractivity contribution < 1.29 is 18.9 Å². The van der Waals surface area contributed by atoms with E-state index in [1.54, 1.807) is 10.9 Å². The van der Waals surface area contributed by atoms with Crippen molar-refractivity contribution in [3.63, 3.8) is 0 Å². The Labute approximate surface area is 179 Å². The largest absolute Gasteiger partial charge is 0.361 e. The van der Waals surface area contributed by atoms with Crippen molar-refractivity contribution >= 4 is 23.4 Å². The molecule has 1 unspecified atom stereocenters. The third-order valence-corrected chi connectivity index (χ3v) is 5.38. The van der Waals surface area contributed by atoms with Crippen LogP contribution in [0.3, 0.4) is 0 Å². The van der Waals surface area contributed by atoms with Crippen LogP contribution < -0.4 is 10.2 Å². The van der Waals surface area contributed by atoms with Crippen molar-refractivity contribution in [1.82, 2.24) is 20.3 Å². The van der Waals surface area contributed by atoms with Crippen LogP contribution in [0.5, 0.6) is 0 Å². The molecular weight excluding hydrogens is 398 g/mol. The van der Waals surface area contributed by atoms with Crippen LogP contribution in [0.15, 0.2) is 47.2 Å². The second kappa shape index (κ2) is 8.55. The molecule has 0 radical (unpaired) electrons. The zero-order valence-corrected chi connectivity index (χ0v) is 17.4. The molecule has 9 heteroatoms. The van der Waals surface area contributed by atoms with Gasteiger partial charge >= 0.3 is 0 Å². The molecule has 3 amide bonds. The summed E-state index contributed by atoms with van der Waals surface area (Å²) in [7, 11) is 0. The Balaban J connectivity index is 1.38. The van der Waals surface area contributed by atoms with Gasteiger partial charge in [0.1, 0.15) is 5.76 Å². The van der Waals surface area contributed by atoms with Gasteiger partial charge < -0.3 is 9.84 Å². The van der Waals surface area contributed by atoms with Gasteiger partial charge in [-0.2, -0.15) is 5.10 Å². The van der Waals surface area contributed by atoms with Gasteiger partial charge in [-0.25, -0.2) is 4.90 Å². The van der Waals surface area contributed by atoms with Gasteiger partial charge in [0.05, 0.1) is 30.0 Å². The molecular formula is C22H23N5O4. The van der Waals surface area contributed by atoms with Crippen molar-refractivity contribution in [2.24, 2.45) is 5.92 Å². The first-order chi connectivity index (χ1) is 14.9. The molecule has 1 saturated heterocycles. The number of amides is 3. The second-order valence-electron chi connectivity index (χ2n) is 7.63. The quantitative estimate of drug-likeness (QED) is 0.585. The molecule has 31 heavy (non-hydrogen) atoms. The summed E-state index contributed by atoms with van der Waals surface area (Å²) in [6, 6.07) is 9.51. The number of nitrogens with zero attached hydrogens (tertiary/aromatic N) is 4. The molecule has 0 spiro atoms. The summed E-state index contributed by atoms with van der Waals surface area (Å²) < 4.78 is 6.79. The monoisotopic (exact) mass is 421 g/mol. The molecule has 1 fully saturated rings. The smallest absolute Gasteiger partial charge is 0.238 e. The third kappa shape index (κ3) is 4.40. The van der Waals surface area contributed by atoms with Crippen molar-refractivity contribution in [2.75, 3.05) is 4.90 Å². The van der Waals surface area contributed by atoms with E-state index in [1.807, 2.05) is 44.2 Å². The first kappa shape index (κ1) is 20.5. The Morgan fingerprint density at radius 3 is 2.71 bits per heavy atom. The Morgan fingerprint density at radius 1 is 1.23 bits per heavy atom. The van der Waals surface area contributed by atoms with E-state index in [9.17, 15) is 14.4 Å². The van der Waals surface area contributed by atoms with Crippen LogP contribution in [-0.2, 0) is 27.5 Å². The van der Waals surface area contributed by atoms with Crippen molar-refractivity contribution in [1.29, 1.82) is 0 Å². The number of benzene rings is 1. The predicted molar refractivity (Wildman–Crippen MR) is 111 cm³/mol. The zero-order valence-electron chi connectivity index (χ0n) is 17.4. The van der Waals surface area contributed by atoms with Crippen LogP contribution >= 0.6 is 0 Å². The first-order valence-electron chi connectivity index (χ1n) is 10.0. The summed E-state index contributed by atoms with van der Waals surface area (Å²) in [5.74, 6) is -0.941. The topological polar surface area (TPSA) is 110 Å². The standard InChI is InChI=1S/C22H23N5O4/c1-14-19(15(2)31-25-14)13-26-12-18(11-24-26)27-21(29)9-17(22(27)30)8-20(28)23-10-16-6-4-3-5-7-16/h3-7,11-12,17H,8-10,13H2,1-2H3,(H,23,28). The van der Waals surface area contributed by atoms with Gasteiger partial charge in [-0.1, -0.05) is 35.5 Å². The van der Waals surface area contributed by atoms with E-state index in [0.717, 1.165) is 21.7 Å². The summed E-state index contributed by atoms with van der Waals surface area (Å²) in [4.78, 5) is 38.7. The Morgan fingerprint density at radius 2 is 2.00 bits per heavy atom. The summed E-state index contributed by atoms with van der Waals surface area (Å²) in [6.07, 6.45) is 3.10. The van der Waals surface area contributed by atoms with E-state index in [1.165, 1.54) is 6.20 Å². The average Bonchev–Trinajstić information content (AvgIpc) is 3.42. The number of rotatable bonds is 7. The highest BCUT2D eigenvalue weighted by molar-refractivity contribution is 6.21. The molecule has 0 bridgehead atoms. The van der Waals surface area contributed by atoms with Gasteiger partial charge in [-0.15, -0.1) is 0 Å². The van der Waals surface area contributed by atoms with Gasteiger partial charge in [0.25, 0.3) is 0 Å². The highest BCUT2D eigenvalue weighted by Crippen LogP contribution is 2.28. The minimum absolute atomic E-state index is 0.00658. The molecule has 0 saturated carbocycles. The number of aromatic nitrogens is 3. The van der Waals surface area contributed by atoms with E-state index in [2.05, 4.69) is 15.6 Å². The maximum absolute atomic E-state index is 12.8. The van der Waals surface area contributed by atoms with Crippen LogP contribution in [0.1, 0.15) is 35.4 Å². The van der Waals surface area contributed by atoms with E-state index in [-0.39, 0.29) is 30.6 Å². The Kier molecular flexibility index (Phi) is 5.66. The predicted octanol–water partition coefficient (Wildman–Crippen LogP) is 2.12. The number of aryl methyl sites for hydroxylation is 2. The lowest BCUT2D eigenvalue weighted by Crippen LogP contribution is -2.32. The van der Waals surface area contributed by atoms with Crippen LogP contribution in [0.2, 0.25) is 0 Å². The molecule has 9 nitrogen and oxygen atoms in total. The van der Waals surface area contributed by atoms with Crippen LogP contribution in [0, 0.1) is 19.8 Å². The summed E-state index contributed by atoms with van der Waals surface area (Å²) in [5.41, 5.74) is 3.04. The number of hydrogen-bond acceptors (Lipinski definition) is 6. The highest BCUT2D eigenvalue weighted by Gasteiger charge is 2.41. The van der Waals surface area contributed by atoms with Gasteiger partial charge in [0.15, 0.2) is 0 Å². The molecule has 3 aromatic rings. The van der Waals surface area contributed by atoms with Gasteiger partial charge in [-0.05, 0) is 19.4 Å². The first-order valence-corrected chi connectivity index (χ1v) is 10.0. The minimum atomic E-state index is -0.672. The molecule has 1 N–H and O–H groups in total. The molecule has 1 aliphatic heterocycles. The normalized spacial score (nSPS) is 16.2. The summed E-state index contributed by atoms with van der Waals surface area (Å²) in [6.45, 7) is 4.47. The van der Waals surface area contributed by atoms with E-state index >= 15 is 0 Å². The fourth-order valence-electron chi connectivity index (χ4n) is 3.66. The Bertz CT molecular complexity index is 1100. The van der Waals surface area contributed by atoms with E-state index in [4.69, 9.17) is 4.52 Å². The van der Waals surface area contributed by atoms with Crippen LogP contribution in [-0.4, -0.2) is 32.7 Å². The third-order valence-electron chi connectivity index (χ3n) is 5.38. The van der Waals surface area contributed by atoms with Gasteiger partial charge in [0.2, 0.25) is 17.7 Å². The van der Waals surface area contributed by atoms with Crippen molar-refractivity contribution in [3.8, 4) is 0 Å². The molecule has 160 valence electrons. The second-order valence-corrected chi connectivity index (χ2v) is 7.63. The SMILES string of the molecule is Cc1noc(C)c1Cn1cc(N2C(=O)CC(CC(=O)NCc3ccccc3)C2=O)cn1. The molecule has 4 rings (SSSR count). The number of hydrogen-bond donors (Lipinski definition) is 1. The molecule has 0 aliphatic carbocycles. The minimum Gasteiger partial charge on any atom is -0.361 e. The summed E-state index contributed by atoms with van der Waals surface area (Å²) >= 11 is 0. The fraction of sp³-hybridized carbons (Fsp3) is 0.318. The maximum Gasteiger partial charge on any atom is 0.238 e. The molecule has 2 aromatic heterocycles. The van der Waals surface area contributed by atoms with Gasteiger partial charge in [0, 0.05) is 31.1 Å². The van der Waals surface area contributed by atoms with Crippen molar-refractivity contribution in [3.05, 3.63) is 65.3 Å².